The number of para-hydroxylation sites is 2. The maximum absolute atomic E-state index is 13.1. The average Bonchev–Trinajstić information content (AvgIpc) is 3.35. The number of nitrogens with zero attached hydrogens (tertiary/aromatic N) is 3. The van der Waals surface area contributed by atoms with Crippen LogP contribution in [0.5, 0.6) is 11.5 Å². The summed E-state index contributed by atoms with van der Waals surface area (Å²) in [6.07, 6.45) is -0.200. The predicted octanol–water partition coefficient (Wildman–Crippen LogP) is 4.37. The molecule has 0 radical (unpaired) electrons. The van der Waals surface area contributed by atoms with E-state index in [1.807, 2.05) is 60.1 Å². The molecule has 6 nitrogen and oxygen atoms in total. The molecule has 3 heterocycles. The minimum Gasteiger partial charge on any atom is -0.486 e. The van der Waals surface area contributed by atoms with Gasteiger partial charge >= 0.3 is 0 Å². The van der Waals surface area contributed by atoms with Gasteiger partial charge in [-0.2, -0.15) is 5.10 Å². The van der Waals surface area contributed by atoms with E-state index in [2.05, 4.69) is 17.2 Å². The molecule has 1 atom stereocenters. The van der Waals surface area contributed by atoms with Gasteiger partial charge in [-0.05, 0) is 30.7 Å². The Labute approximate surface area is 184 Å². The number of carbonyl (C=O) groups excluding carboxylic acids is 1. The summed E-state index contributed by atoms with van der Waals surface area (Å²) in [5.41, 5.74) is 2.12. The number of aryl methyl sites for hydroxylation is 1. The van der Waals surface area contributed by atoms with Crippen molar-refractivity contribution < 1.29 is 14.3 Å². The smallest absolute Gasteiger partial charge is 0.263 e. The van der Waals surface area contributed by atoms with Crippen LogP contribution >= 0.6 is 11.3 Å². The molecule has 4 aromatic rings. The number of hydrogen-bond donors (Lipinski definition) is 0. The maximum Gasteiger partial charge on any atom is 0.263 e. The molecule has 1 aliphatic heterocycles. The number of thiophene rings is 1. The van der Waals surface area contributed by atoms with Gasteiger partial charge in [0.2, 0.25) is 0 Å². The highest BCUT2D eigenvalue weighted by molar-refractivity contribution is 7.20. The predicted molar refractivity (Wildman–Crippen MR) is 121 cm³/mol. The summed E-state index contributed by atoms with van der Waals surface area (Å²) >= 11 is 1.49. The first-order valence-corrected chi connectivity index (χ1v) is 11.0. The number of carbonyl (C=O) groups is 1. The molecule has 1 amide bonds. The summed E-state index contributed by atoms with van der Waals surface area (Å²) in [5, 5.41) is 5.70. The number of rotatable bonds is 5. The Balaban J connectivity index is 1.32. The second kappa shape index (κ2) is 8.07. The monoisotopic (exact) mass is 433 g/mol. The molecule has 0 saturated heterocycles. The lowest BCUT2D eigenvalue weighted by atomic mass is 10.2. The van der Waals surface area contributed by atoms with Crippen LogP contribution in [0.15, 0.2) is 60.7 Å². The van der Waals surface area contributed by atoms with Gasteiger partial charge in [0.1, 0.15) is 11.4 Å². The molecule has 0 saturated carbocycles. The molecule has 1 aliphatic rings. The van der Waals surface area contributed by atoms with Crippen molar-refractivity contribution in [3.8, 4) is 11.5 Å². The van der Waals surface area contributed by atoms with Gasteiger partial charge in [-0.1, -0.05) is 42.5 Å². The lowest BCUT2D eigenvalue weighted by molar-refractivity contribution is 0.0524. The van der Waals surface area contributed by atoms with Crippen molar-refractivity contribution in [3.05, 3.63) is 76.8 Å². The number of benzene rings is 2. The third-order valence-corrected chi connectivity index (χ3v) is 6.52. The van der Waals surface area contributed by atoms with Crippen LogP contribution in [0.2, 0.25) is 0 Å². The molecule has 0 spiro atoms. The van der Waals surface area contributed by atoms with E-state index in [0.717, 1.165) is 27.4 Å². The Kier molecular flexibility index (Phi) is 5.11. The average molecular weight is 434 g/mol. The van der Waals surface area contributed by atoms with Crippen LogP contribution in [-0.2, 0) is 6.54 Å². The molecular formula is C24H23N3O3S. The first-order valence-electron chi connectivity index (χ1n) is 10.2. The molecule has 31 heavy (non-hydrogen) atoms. The highest BCUT2D eigenvalue weighted by Gasteiger charge is 2.25. The Morgan fingerprint density at radius 2 is 1.90 bits per heavy atom. The molecule has 2 aromatic carbocycles. The van der Waals surface area contributed by atoms with Crippen molar-refractivity contribution >= 4 is 27.5 Å². The quantitative estimate of drug-likeness (QED) is 0.469. The Bertz CT molecular complexity index is 1230. The van der Waals surface area contributed by atoms with Crippen LogP contribution in [0, 0.1) is 6.92 Å². The summed E-state index contributed by atoms with van der Waals surface area (Å²) in [6.45, 7) is 3.55. The van der Waals surface area contributed by atoms with E-state index >= 15 is 0 Å². The van der Waals surface area contributed by atoms with Crippen molar-refractivity contribution in [2.75, 3.05) is 20.2 Å². The first kappa shape index (κ1) is 19.6. The Hall–Kier alpha value is -3.32. The molecule has 0 N–H and O–H groups in total. The van der Waals surface area contributed by atoms with Gasteiger partial charge in [0, 0.05) is 12.4 Å². The number of ether oxygens (including phenoxy) is 2. The number of likely N-dealkylation sites (N-methyl/N-ethyl adjacent to an activating group) is 1. The summed E-state index contributed by atoms with van der Waals surface area (Å²) in [5.74, 6) is 1.45. The van der Waals surface area contributed by atoms with Crippen LogP contribution in [0.25, 0.3) is 10.2 Å². The number of hydrogen-bond acceptors (Lipinski definition) is 5. The van der Waals surface area contributed by atoms with Gasteiger partial charge in [0.25, 0.3) is 5.91 Å². The van der Waals surface area contributed by atoms with Crippen molar-refractivity contribution in [1.82, 2.24) is 14.7 Å². The molecule has 0 bridgehead atoms. The second-order valence-corrected chi connectivity index (χ2v) is 8.77. The molecule has 1 unspecified atom stereocenters. The van der Waals surface area contributed by atoms with Gasteiger partial charge < -0.3 is 14.4 Å². The zero-order valence-electron chi connectivity index (χ0n) is 17.4. The summed E-state index contributed by atoms with van der Waals surface area (Å²) in [6, 6.07) is 19.8. The summed E-state index contributed by atoms with van der Waals surface area (Å²) in [7, 11) is 1.81. The van der Waals surface area contributed by atoms with E-state index in [9.17, 15) is 4.79 Å². The molecule has 0 aliphatic carbocycles. The third kappa shape index (κ3) is 3.88. The van der Waals surface area contributed by atoms with E-state index in [1.54, 1.807) is 11.9 Å². The zero-order valence-corrected chi connectivity index (χ0v) is 18.3. The van der Waals surface area contributed by atoms with Gasteiger partial charge in [0.05, 0.1) is 23.7 Å². The van der Waals surface area contributed by atoms with E-state index in [0.29, 0.717) is 24.6 Å². The van der Waals surface area contributed by atoms with Crippen molar-refractivity contribution in [2.24, 2.45) is 0 Å². The van der Waals surface area contributed by atoms with Gasteiger partial charge in [-0.3, -0.25) is 9.48 Å². The van der Waals surface area contributed by atoms with Crippen molar-refractivity contribution in [3.63, 3.8) is 0 Å². The molecule has 0 fully saturated rings. The van der Waals surface area contributed by atoms with E-state index in [1.165, 1.54) is 16.9 Å². The number of fused-ring (bicyclic) bond motifs is 2. The van der Waals surface area contributed by atoms with Gasteiger partial charge in [-0.25, -0.2) is 0 Å². The van der Waals surface area contributed by atoms with Crippen LogP contribution in [0.3, 0.4) is 0 Å². The van der Waals surface area contributed by atoms with E-state index < -0.39 is 0 Å². The third-order valence-electron chi connectivity index (χ3n) is 5.39. The highest BCUT2D eigenvalue weighted by Crippen LogP contribution is 2.32. The molecule has 2 aromatic heterocycles. The molecular weight excluding hydrogens is 410 g/mol. The molecule has 158 valence electrons. The van der Waals surface area contributed by atoms with Crippen LogP contribution in [-0.4, -0.2) is 46.9 Å². The fourth-order valence-electron chi connectivity index (χ4n) is 3.81. The first-order chi connectivity index (χ1) is 15.1. The molecule has 7 heteroatoms. The Morgan fingerprint density at radius 3 is 2.71 bits per heavy atom. The molecule has 5 rings (SSSR count). The fraction of sp³-hybridized carbons (Fsp3) is 0.250. The highest BCUT2D eigenvalue weighted by atomic mass is 32.1. The minimum atomic E-state index is -0.200. The van der Waals surface area contributed by atoms with Crippen LogP contribution < -0.4 is 9.47 Å². The lowest BCUT2D eigenvalue weighted by Crippen LogP contribution is -2.41. The van der Waals surface area contributed by atoms with E-state index in [-0.39, 0.29) is 12.0 Å². The second-order valence-electron chi connectivity index (χ2n) is 7.74. The topological polar surface area (TPSA) is 56.6 Å². The summed E-state index contributed by atoms with van der Waals surface area (Å²) < 4.78 is 13.8. The van der Waals surface area contributed by atoms with Crippen LogP contribution in [0.4, 0.5) is 0 Å². The Morgan fingerprint density at radius 1 is 1.16 bits per heavy atom. The largest absolute Gasteiger partial charge is 0.486 e. The maximum atomic E-state index is 13.1. The normalized spacial score (nSPS) is 15.2. The van der Waals surface area contributed by atoms with Gasteiger partial charge in [0.15, 0.2) is 17.6 Å². The fourth-order valence-corrected chi connectivity index (χ4v) is 4.97. The minimum absolute atomic E-state index is 0.0191. The number of aromatic nitrogens is 2. The standard InChI is InChI=1S/C24H23N3O3S/c1-16-19-12-22(31-24(19)27(25-16)13-17-8-4-3-5-9-17)23(28)26(2)14-18-15-29-20-10-6-7-11-21(20)30-18/h3-12,18H,13-15H2,1-2H3. The van der Waals surface area contributed by atoms with Crippen molar-refractivity contribution in [2.45, 2.75) is 19.6 Å². The van der Waals surface area contributed by atoms with Gasteiger partial charge in [-0.15, -0.1) is 11.3 Å². The van der Waals surface area contributed by atoms with Crippen molar-refractivity contribution in [1.29, 1.82) is 0 Å². The number of amides is 1. The zero-order chi connectivity index (χ0) is 21.4. The lowest BCUT2D eigenvalue weighted by Gasteiger charge is -2.29. The van der Waals surface area contributed by atoms with E-state index in [4.69, 9.17) is 9.47 Å². The SMILES string of the molecule is Cc1nn(Cc2ccccc2)c2sc(C(=O)N(C)CC3COc4ccccc4O3)cc12. The summed E-state index contributed by atoms with van der Waals surface area (Å²) in [4.78, 5) is 16.6. The van der Waals surface area contributed by atoms with Crippen LogP contribution in [0.1, 0.15) is 20.9 Å².